The van der Waals surface area contributed by atoms with Crippen LogP contribution in [0.3, 0.4) is 0 Å². The van der Waals surface area contributed by atoms with E-state index >= 15 is 0 Å². The van der Waals surface area contributed by atoms with Crippen LogP contribution in [-0.2, 0) is 10.2 Å². The van der Waals surface area contributed by atoms with E-state index in [1.807, 2.05) is 14.0 Å². The highest BCUT2D eigenvalue weighted by Gasteiger charge is 2.36. The molecule has 1 N–H and O–H groups in total. The van der Waals surface area contributed by atoms with Gasteiger partial charge in [0, 0.05) is 38.8 Å². The van der Waals surface area contributed by atoms with E-state index in [-0.39, 0.29) is 18.6 Å². The smallest absolute Gasteiger partial charge is 0.282 e. The number of piperidine rings is 1. The van der Waals surface area contributed by atoms with Crippen LogP contribution in [0.4, 0.5) is 0 Å². The molecule has 1 atom stereocenters. The lowest BCUT2D eigenvalue weighted by Gasteiger charge is -2.36. The summed E-state index contributed by atoms with van der Waals surface area (Å²) in [5.74, 6) is 0.258. The van der Waals surface area contributed by atoms with Crippen LogP contribution in [0.2, 0.25) is 0 Å². The summed E-state index contributed by atoms with van der Waals surface area (Å²) < 4.78 is 28.8. The first-order valence-corrected chi connectivity index (χ1v) is 8.91. The summed E-state index contributed by atoms with van der Waals surface area (Å²) in [6.45, 7) is 5.56. The molecule has 0 aromatic rings. The van der Waals surface area contributed by atoms with Crippen LogP contribution in [0.25, 0.3) is 0 Å². The zero-order valence-corrected chi connectivity index (χ0v) is 13.3. The van der Waals surface area contributed by atoms with E-state index in [0.29, 0.717) is 19.6 Å². The third-order valence-corrected chi connectivity index (χ3v) is 6.59. The third-order valence-electron chi connectivity index (χ3n) is 4.44. The minimum absolute atomic E-state index is 0.0167. The van der Waals surface area contributed by atoms with Gasteiger partial charge in [0.05, 0.1) is 0 Å². The number of nitrogens with zero attached hydrogens (tertiary/aromatic N) is 3. The molecule has 2 saturated heterocycles. The monoisotopic (exact) mass is 305 g/mol. The van der Waals surface area contributed by atoms with Gasteiger partial charge in [0.1, 0.15) is 0 Å². The Morgan fingerprint density at radius 3 is 2.40 bits per heavy atom. The highest BCUT2D eigenvalue weighted by Crippen LogP contribution is 2.23. The molecule has 7 heteroatoms. The van der Waals surface area contributed by atoms with Crippen LogP contribution >= 0.6 is 0 Å². The summed E-state index contributed by atoms with van der Waals surface area (Å²) in [4.78, 5) is 2.19. The van der Waals surface area contributed by atoms with Gasteiger partial charge in [0.25, 0.3) is 10.2 Å². The molecule has 2 aliphatic heterocycles. The molecule has 0 radical (unpaired) electrons. The minimum Gasteiger partial charge on any atom is -0.396 e. The lowest BCUT2D eigenvalue weighted by Crippen LogP contribution is -2.51. The Morgan fingerprint density at radius 2 is 1.80 bits per heavy atom. The van der Waals surface area contributed by atoms with E-state index in [1.165, 1.54) is 0 Å². The molecule has 0 aliphatic carbocycles. The highest BCUT2D eigenvalue weighted by atomic mass is 32.2. The fourth-order valence-corrected chi connectivity index (χ4v) is 5.01. The average molecular weight is 305 g/mol. The Labute approximate surface area is 122 Å². The summed E-state index contributed by atoms with van der Waals surface area (Å²) >= 11 is 0. The summed E-state index contributed by atoms with van der Waals surface area (Å²) in [5, 5.41) is 9.15. The van der Waals surface area contributed by atoms with Gasteiger partial charge in [-0.15, -0.1) is 0 Å². The van der Waals surface area contributed by atoms with E-state index in [2.05, 4.69) is 4.90 Å². The minimum atomic E-state index is -3.35. The summed E-state index contributed by atoms with van der Waals surface area (Å²) in [6, 6.07) is 0.0167. The van der Waals surface area contributed by atoms with Crippen LogP contribution in [0.5, 0.6) is 0 Å². The maximum atomic E-state index is 12.8. The van der Waals surface area contributed by atoms with E-state index in [1.54, 1.807) is 8.61 Å². The first-order chi connectivity index (χ1) is 9.45. The van der Waals surface area contributed by atoms with E-state index in [9.17, 15) is 8.42 Å². The molecule has 0 aromatic carbocycles. The first kappa shape index (κ1) is 16.2. The Bertz CT molecular complexity index is 407. The SMILES string of the molecule is CC1CN(C)CCCN1S(=O)(=O)N1CCC(CO)CC1. The molecule has 2 heterocycles. The average Bonchev–Trinajstić information content (AvgIpc) is 2.59. The van der Waals surface area contributed by atoms with Crippen molar-refractivity contribution in [1.82, 2.24) is 13.5 Å². The van der Waals surface area contributed by atoms with Gasteiger partial charge in [-0.05, 0) is 45.7 Å². The lowest BCUT2D eigenvalue weighted by atomic mass is 10.00. The maximum Gasteiger partial charge on any atom is 0.282 e. The molecular weight excluding hydrogens is 278 g/mol. The van der Waals surface area contributed by atoms with Gasteiger partial charge >= 0.3 is 0 Å². The van der Waals surface area contributed by atoms with Crippen molar-refractivity contribution in [1.29, 1.82) is 0 Å². The Hall–Kier alpha value is -0.210. The zero-order valence-electron chi connectivity index (χ0n) is 12.5. The van der Waals surface area contributed by atoms with E-state index < -0.39 is 10.2 Å². The molecule has 1 unspecified atom stereocenters. The largest absolute Gasteiger partial charge is 0.396 e. The van der Waals surface area contributed by atoms with Gasteiger partial charge in [-0.2, -0.15) is 17.0 Å². The Morgan fingerprint density at radius 1 is 1.15 bits per heavy atom. The number of aliphatic hydroxyl groups excluding tert-OH is 1. The fourth-order valence-electron chi connectivity index (χ4n) is 3.16. The van der Waals surface area contributed by atoms with Crippen molar-refractivity contribution in [2.75, 3.05) is 46.4 Å². The van der Waals surface area contributed by atoms with Gasteiger partial charge < -0.3 is 10.0 Å². The van der Waals surface area contributed by atoms with Crippen molar-refractivity contribution in [3.8, 4) is 0 Å². The summed E-state index contributed by atoms with van der Waals surface area (Å²) in [7, 11) is -1.31. The number of rotatable bonds is 3. The maximum absolute atomic E-state index is 12.8. The van der Waals surface area contributed by atoms with Crippen molar-refractivity contribution in [2.45, 2.75) is 32.2 Å². The van der Waals surface area contributed by atoms with E-state index in [4.69, 9.17) is 5.11 Å². The standard InChI is InChI=1S/C13H27N3O3S/c1-12-10-14(2)6-3-7-16(12)20(18,19)15-8-4-13(11-17)5-9-15/h12-13,17H,3-11H2,1-2H3. The van der Waals surface area contributed by atoms with Crippen LogP contribution in [0.1, 0.15) is 26.2 Å². The third kappa shape index (κ3) is 3.51. The number of hydrogen-bond donors (Lipinski definition) is 1. The predicted molar refractivity (Wildman–Crippen MR) is 78.6 cm³/mol. The second-order valence-electron chi connectivity index (χ2n) is 6.11. The van der Waals surface area contributed by atoms with Crippen molar-refractivity contribution in [2.24, 2.45) is 5.92 Å². The molecule has 2 aliphatic rings. The predicted octanol–water partition coefficient (Wildman–Crippen LogP) is -0.0385. The van der Waals surface area contributed by atoms with Gasteiger partial charge in [-0.3, -0.25) is 0 Å². The molecule has 20 heavy (non-hydrogen) atoms. The fraction of sp³-hybridized carbons (Fsp3) is 1.00. The molecule has 0 spiro atoms. The van der Waals surface area contributed by atoms with Crippen LogP contribution in [0, 0.1) is 5.92 Å². The lowest BCUT2D eigenvalue weighted by molar-refractivity contribution is 0.164. The van der Waals surface area contributed by atoms with Crippen molar-refractivity contribution >= 4 is 10.2 Å². The topological polar surface area (TPSA) is 64.1 Å². The van der Waals surface area contributed by atoms with Gasteiger partial charge in [0.2, 0.25) is 0 Å². The molecule has 0 bridgehead atoms. The van der Waals surface area contributed by atoms with Crippen molar-refractivity contribution in [3.63, 3.8) is 0 Å². The molecule has 2 rings (SSSR count). The highest BCUT2D eigenvalue weighted by molar-refractivity contribution is 7.86. The van der Waals surface area contributed by atoms with Crippen molar-refractivity contribution < 1.29 is 13.5 Å². The quantitative estimate of drug-likeness (QED) is 0.795. The Balaban J connectivity index is 2.05. The molecular formula is C13H27N3O3S. The molecule has 0 amide bonds. The van der Waals surface area contributed by atoms with Gasteiger partial charge in [-0.25, -0.2) is 0 Å². The normalized spacial score (nSPS) is 29.4. The number of hydrogen-bond acceptors (Lipinski definition) is 4. The molecule has 0 saturated carbocycles. The van der Waals surface area contributed by atoms with Crippen LogP contribution in [-0.4, -0.2) is 79.5 Å². The van der Waals surface area contributed by atoms with E-state index in [0.717, 1.165) is 32.4 Å². The molecule has 2 fully saturated rings. The van der Waals surface area contributed by atoms with Gasteiger partial charge in [0.15, 0.2) is 0 Å². The molecule has 118 valence electrons. The number of aliphatic hydroxyl groups is 1. The summed E-state index contributed by atoms with van der Waals surface area (Å²) in [5.41, 5.74) is 0. The zero-order chi connectivity index (χ0) is 14.8. The Kier molecular flexibility index (Phi) is 5.42. The molecule has 6 nitrogen and oxygen atoms in total. The first-order valence-electron chi connectivity index (χ1n) is 7.51. The number of likely N-dealkylation sites (N-methyl/N-ethyl adjacent to an activating group) is 1. The molecule has 0 aromatic heterocycles. The van der Waals surface area contributed by atoms with Crippen LogP contribution in [0.15, 0.2) is 0 Å². The van der Waals surface area contributed by atoms with Gasteiger partial charge in [-0.1, -0.05) is 0 Å². The van der Waals surface area contributed by atoms with Crippen LogP contribution < -0.4 is 0 Å². The summed E-state index contributed by atoms with van der Waals surface area (Å²) in [6.07, 6.45) is 2.41. The van der Waals surface area contributed by atoms with Crippen molar-refractivity contribution in [3.05, 3.63) is 0 Å². The second kappa shape index (κ2) is 6.70. The second-order valence-corrected chi connectivity index (χ2v) is 7.99.